The molecule has 2 heterocycles. The lowest BCUT2D eigenvalue weighted by atomic mass is 9.96. The Morgan fingerprint density at radius 1 is 1.33 bits per heavy atom. The van der Waals surface area contributed by atoms with Gasteiger partial charge in [-0.15, -0.1) is 11.3 Å². The normalized spacial score (nSPS) is 11.5. The Hall–Kier alpha value is -1.62. The van der Waals surface area contributed by atoms with E-state index in [9.17, 15) is 0 Å². The molecule has 2 aromatic rings. The Balaban J connectivity index is 2.15. The van der Waals surface area contributed by atoms with Crippen LogP contribution in [-0.2, 0) is 12.0 Å². The number of thiophene rings is 1. The van der Waals surface area contributed by atoms with Gasteiger partial charge in [0.2, 0.25) is 0 Å². The van der Waals surface area contributed by atoms with Crippen LogP contribution in [0.2, 0.25) is 0 Å². The average molecular weight is 262 g/mol. The van der Waals surface area contributed by atoms with Crippen LogP contribution in [0.15, 0.2) is 23.6 Å². The molecular weight excluding hydrogens is 244 g/mol. The molecule has 2 rings (SSSR count). The van der Waals surface area contributed by atoms with Gasteiger partial charge in [-0.1, -0.05) is 26.8 Å². The van der Waals surface area contributed by atoms with Crippen molar-refractivity contribution in [3.8, 4) is 0 Å². The van der Waals surface area contributed by atoms with E-state index < -0.39 is 0 Å². The quantitative estimate of drug-likeness (QED) is 0.892. The van der Waals surface area contributed by atoms with Crippen LogP contribution in [0.3, 0.4) is 0 Å². The predicted octanol–water partition coefficient (Wildman–Crippen LogP) is 3.03. The Labute approximate surface area is 111 Å². The van der Waals surface area contributed by atoms with Gasteiger partial charge in [0.05, 0.1) is 6.54 Å². The topological polar surface area (TPSA) is 63.8 Å². The number of nitrogens with two attached hydrogens (primary N) is 1. The molecule has 0 radical (unpaired) electrons. The molecule has 0 aliphatic carbocycles. The summed E-state index contributed by atoms with van der Waals surface area (Å²) in [6, 6.07) is 5.90. The summed E-state index contributed by atoms with van der Waals surface area (Å²) in [5.41, 5.74) is 5.71. The Bertz CT molecular complexity index is 514. The van der Waals surface area contributed by atoms with Crippen LogP contribution < -0.4 is 11.1 Å². The second kappa shape index (κ2) is 4.94. The van der Waals surface area contributed by atoms with Gasteiger partial charge in [0.25, 0.3) is 0 Å². The summed E-state index contributed by atoms with van der Waals surface area (Å²) in [4.78, 5) is 10.1. The van der Waals surface area contributed by atoms with E-state index in [1.807, 2.05) is 6.07 Å². The number of rotatable bonds is 3. The Morgan fingerprint density at radius 2 is 2.11 bits per heavy atom. The molecule has 4 nitrogen and oxygen atoms in total. The van der Waals surface area contributed by atoms with E-state index in [1.165, 1.54) is 4.88 Å². The summed E-state index contributed by atoms with van der Waals surface area (Å²) < 4.78 is 0. The van der Waals surface area contributed by atoms with Crippen molar-refractivity contribution in [2.75, 3.05) is 11.1 Å². The fourth-order valence-corrected chi connectivity index (χ4v) is 2.13. The fourth-order valence-electron chi connectivity index (χ4n) is 1.48. The van der Waals surface area contributed by atoms with Gasteiger partial charge in [-0.05, 0) is 11.4 Å². The molecular formula is C13H18N4S. The van der Waals surface area contributed by atoms with E-state index >= 15 is 0 Å². The van der Waals surface area contributed by atoms with Gasteiger partial charge >= 0.3 is 0 Å². The van der Waals surface area contributed by atoms with E-state index in [0.29, 0.717) is 5.82 Å². The summed E-state index contributed by atoms with van der Waals surface area (Å²) in [7, 11) is 0. The lowest BCUT2D eigenvalue weighted by Gasteiger charge is -2.18. The van der Waals surface area contributed by atoms with Crippen LogP contribution in [0.25, 0.3) is 0 Å². The van der Waals surface area contributed by atoms with Crippen LogP contribution in [-0.4, -0.2) is 9.97 Å². The molecule has 0 bridgehead atoms. The maximum Gasteiger partial charge on any atom is 0.138 e. The number of aromatic nitrogens is 2. The van der Waals surface area contributed by atoms with E-state index in [-0.39, 0.29) is 5.41 Å². The molecule has 0 fully saturated rings. The minimum Gasteiger partial charge on any atom is -0.384 e. The van der Waals surface area contributed by atoms with E-state index in [0.717, 1.165) is 18.2 Å². The zero-order valence-electron chi connectivity index (χ0n) is 10.9. The highest BCUT2D eigenvalue weighted by Gasteiger charge is 2.18. The predicted molar refractivity (Wildman–Crippen MR) is 76.8 cm³/mol. The average Bonchev–Trinajstić information content (AvgIpc) is 2.77. The van der Waals surface area contributed by atoms with Crippen LogP contribution in [0.5, 0.6) is 0 Å². The molecule has 5 heteroatoms. The zero-order chi connectivity index (χ0) is 13.2. The summed E-state index contributed by atoms with van der Waals surface area (Å²) >= 11 is 1.72. The van der Waals surface area contributed by atoms with Gasteiger partial charge < -0.3 is 11.1 Å². The van der Waals surface area contributed by atoms with E-state index in [4.69, 9.17) is 5.73 Å². The summed E-state index contributed by atoms with van der Waals surface area (Å²) in [5, 5.41) is 5.34. The van der Waals surface area contributed by atoms with E-state index in [1.54, 1.807) is 17.4 Å². The smallest absolute Gasteiger partial charge is 0.138 e. The highest BCUT2D eigenvalue weighted by atomic mass is 32.1. The first kappa shape index (κ1) is 12.8. The molecule has 2 aromatic heterocycles. The lowest BCUT2D eigenvalue weighted by Crippen LogP contribution is -2.18. The molecule has 18 heavy (non-hydrogen) atoms. The van der Waals surface area contributed by atoms with Gasteiger partial charge in [0.15, 0.2) is 0 Å². The molecule has 0 saturated heterocycles. The van der Waals surface area contributed by atoms with Gasteiger partial charge in [-0.25, -0.2) is 9.97 Å². The number of hydrogen-bond acceptors (Lipinski definition) is 5. The molecule has 3 N–H and O–H groups in total. The van der Waals surface area contributed by atoms with Crippen LogP contribution in [0.1, 0.15) is 31.5 Å². The summed E-state index contributed by atoms with van der Waals surface area (Å²) in [6.07, 6.45) is 0. The second-order valence-corrected chi connectivity index (χ2v) is 6.22. The van der Waals surface area contributed by atoms with Crippen LogP contribution in [0, 0.1) is 0 Å². The van der Waals surface area contributed by atoms with Gasteiger partial charge in [-0.3, -0.25) is 0 Å². The van der Waals surface area contributed by atoms with Crippen molar-refractivity contribution in [3.05, 3.63) is 34.3 Å². The third kappa shape index (κ3) is 3.20. The number of anilines is 2. The first-order valence-electron chi connectivity index (χ1n) is 5.86. The number of hydrogen-bond donors (Lipinski definition) is 2. The summed E-state index contributed by atoms with van der Waals surface area (Å²) in [5.74, 6) is 2.04. The van der Waals surface area contributed by atoms with Crippen LogP contribution >= 0.6 is 11.3 Å². The summed E-state index contributed by atoms with van der Waals surface area (Å²) in [6.45, 7) is 6.98. The maximum absolute atomic E-state index is 5.82. The third-order valence-electron chi connectivity index (χ3n) is 2.44. The van der Waals surface area contributed by atoms with Crippen molar-refractivity contribution in [1.82, 2.24) is 9.97 Å². The Kier molecular flexibility index (Phi) is 3.52. The molecule has 0 aliphatic heterocycles. The fraction of sp³-hybridized carbons (Fsp3) is 0.385. The number of nitrogen functional groups attached to an aromatic ring is 1. The van der Waals surface area contributed by atoms with Gasteiger partial charge in [0.1, 0.15) is 17.5 Å². The third-order valence-corrected chi connectivity index (χ3v) is 3.32. The first-order valence-corrected chi connectivity index (χ1v) is 6.74. The second-order valence-electron chi connectivity index (χ2n) is 5.18. The van der Waals surface area contributed by atoms with Gasteiger partial charge in [-0.2, -0.15) is 0 Å². The van der Waals surface area contributed by atoms with E-state index in [2.05, 4.69) is 47.5 Å². The molecule has 0 spiro atoms. The minimum atomic E-state index is -0.102. The monoisotopic (exact) mass is 262 g/mol. The number of nitrogens with one attached hydrogen (secondary N) is 1. The molecule has 0 atom stereocenters. The van der Waals surface area contributed by atoms with Crippen molar-refractivity contribution < 1.29 is 0 Å². The molecule has 0 amide bonds. The number of nitrogens with zero attached hydrogens (tertiary/aromatic N) is 2. The highest BCUT2D eigenvalue weighted by molar-refractivity contribution is 7.09. The molecule has 0 aliphatic rings. The SMILES string of the molecule is CC(C)(C)c1nc(N)cc(NCc2cccs2)n1. The van der Waals surface area contributed by atoms with Crippen molar-refractivity contribution in [3.63, 3.8) is 0 Å². The Morgan fingerprint density at radius 3 is 2.72 bits per heavy atom. The molecule has 0 unspecified atom stereocenters. The maximum atomic E-state index is 5.82. The largest absolute Gasteiger partial charge is 0.384 e. The van der Waals surface area contributed by atoms with Crippen molar-refractivity contribution >= 4 is 23.0 Å². The molecule has 0 saturated carbocycles. The van der Waals surface area contributed by atoms with Crippen LogP contribution in [0.4, 0.5) is 11.6 Å². The molecule has 96 valence electrons. The van der Waals surface area contributed by atoms with Crippen molar-refractivity contribution in [1.29, 1.82) is 0 Å². The highest BCUT2D eigenvalue weighted by Crippen LogP contribution is 2.21. The van der Waals surface area contributed by atoms with Gasteiger partial charge in [0, 0.05) is 16.4 Å². The minimum absolute atomic E-state index is 0.102. The molecule has 0 aromatic carbocycles. The first-order chi connectivity index (χ1) is 8.45. The van der Waals surface area contributed by atoms with Crippen molar-refractivity contribution in [2.24, 2.45) is 0 Å². The zero-order valence-corrected chi connectivity index (χ0v) is 11.7. The lowest BCUT2D eigenvalue weighted by molar-refractivity contribution is 0.547. The van der Waals surface area contributed by atoms with Crippen molar-refractivity contribution in [2.45, 2.75) is 32.7 Å². The standard InChI is InChI=1S/C13H18N4S/c1-13(2,3)12-16-10(14)7-11(17-12)15-8-9-5-4-6-18-9/h4-7H,8H2,1-3H3,(H3,14,15,16,17).